The average Bonchev–Trinajstić information content (AvgIpc) is 2.81. The van der Waals surface area contributed by atoms with Gasteiger partial charge < -0.3 is 20.3 Å². The molecule has 0 bridgehead atoms. The van der Waals surface area contributed by atoms with E-state index in [1.807, 2.05) is 24.3 Å². The number of anilines is 1. The third-order valence-corrected chi connectivity index (χ3v) is 6.62. The summed E-state index contributed by atoms with van der Waals surface area (Å²) in [5.41, 5.74) is 3.84. The van der Waals surface area contributed by atoms with Crippen LogP contribution < -0.4 is 15.5 Å². The van der Waals surface area contributed by atoms with Crippen LogP contribution >= 0.6 is 23.2 Å². The Morgan fingerprint density at radius 2 is 1.85 bits per heavy atom. The molecule has 0 aromatic heterocycles. The molecule has 33 heavy (non-hydrogen) atoms. The van der Waals surface area contributed by atoms with Crippen LogP contribution in [0.5, 0.6) is 0 Å². The van der Waals surface area contributed by atoms with E-state index in [9.17, 15) is 9.59 Å². The van der Waals surface area contributed by atoms with Gasteiger partial charge in [-0.05, 0) is 36.2 Å². The first-order valence-corrected chi connectivity index (χ1v) is 11.5. The summed E-state index contributed by atoms with van der Waals surface area (Å²) in [6, 6.07) is 12.0. The summed E-state index contributed by atoms with van der Waals surface area (Å²) in [6.45, 7) is 5.64. The quantitative estimate of drug-likeness (QED) is 0.624. The number of methoxy groups -OCH3 is 1. The molecule has 2 aromatic carbocycles. The van der Waals surface area contributed by atoms with Crippen LogP contribution in [0.25, 0.3) is 0 Å². The normalized spacial score (nSPS) is 19.2. The molecule has 1 unspecified atom stereocenters. The van der Waals surface area contributed by atoms with Crippen LogP contribution in [0.4, 0.5) is 10.5 Å². The molecule has 2 N–H and O–H groups in total. The van der Waals surface area contributed by atoms with Crippen LogP contribution in [0.1, 0.15) is 17.2 Å². The van der Waals surface area contributed by atoms with Gasteiger partial charge in [0.1, 0.15) is 0 Å². The molecule has 0 spiro atoms. The van der Waals surface area contributed by atoms with Crippen molar-refractivity contribution in [2.24, 2.45) is 0 Å². The van der Waals surface area contributed by atoms with Crippen LogP contribution in [0.2, 0.25) is 10.0 Å². The molecule has 2 aromatic rings. The highest BCUT2D eigenvalue weighted by Crippen LogP contribution is 2.32. The van der Waals surface area contributed by atoms with E-state index < -0.39 is 12.0 Å². The van der Waals surface area contributed by atoms with Crippen molar-refractivity contribution in [2.75, 3.05) is 44.7 Å². The van der Waals surface area contributed by atoms with Gasteiger partial charge in [0, 0.05) is 54.2 Å². The van der Waals surface area contributed by atoms with E-state index in [1.165, 1.54) is 12.7 Å². The minimum atomic E-state index is -0.690. The highest BCUT2D eigenvalue weighted by Gasteiger charge is 2.35. The van der Waals surface area contributed by atoms with Crippen molar-refractivity contribution in [1.29, 1.82) is 0 Å². The summed E-state index contributed by atoms with van der Waals surface area (Å²) < 4.78 is 5.06. The first-order valence-electron chi connectivity index (χ1n) is 10.7. The number of amides is 2. The van der Waals surface area contributed by atoms with Gasteiger partial charge >= 0.3 is 12.0 Å². The number of rotatable bonds is 5. The maximum absolute atomic E-state index is 12.8. The Morgan fingerprint density at radius 3 is 2.55 bits per heavy atom. The van der Waals surface area contributed by atoms with Crippen molar-refractivity contribution in [1.82, 2.24) is 15.5 Å². The molecule has 2 aliphatic heterocycles. The third kappa shape index (κ3) is 5.11. The van der Waals surface area contributed by atoms with Gasteiger partial charge in [-0.3, -0.25) is 4.90 Å². The summed E-state index contributed by atoms with van der Waals surface area (Å²) >= 11 is 12.6. The fourth-order valence-electron chi connectivity index (χ4n) is 4.33. The first-order chi connectivity index (χ1) is 15.9. The number of hydrogen-bond donors (Lipinski definition) is 2. The molecule has 4 rings (SSSR count). The van der Waals surface area contributed by atoms with Crippen molar-refractivity contribution in [3.05, 3.63) is 74.9 Å². The average molecular weight is 489 g/mol. The van der Waals surface area contributed by atoms with Gasteiger partial charge in [-0.2, -0.15) is 0 Å². The van der Waals surface area contributed by atoms with Crippen molar-refractivity contribution in [3.8, 4) is 0 Å². The predicted molar refractivity (Wildman–Crippen MR) is 130 cm³/mol. The largest absolute Gasteiger partial charge is 0.466 e. The molecule has 0 saturated carbocycles. The smallest absolute Gasteiger partial charge is 0.338 e. The van der Waals surface area contributed by atoms with Crippen molar-refractivity contribution in [2.45, 2.75) is 13.0 Å². The van der Waals surface area contributed by atoms with Gasteiger partial charge in [0.25, 0.3) is 0 Å². The number of aryl methyl sites for hydroxylation is 1. The summed E-state index contributed by atoms with van der Waals surface area (Å²) in [5, 5.41) is 6.82. The lowest BCUT2D eigenvalue weighted by Gasteiger charge is -2.38. The minimum absolute atomic E-state index is 0.360. The van der Waals surface area contributed by atoms with Gasteiger partial charge in [0.05, 0.1) is 18.7 Å². The second kappa shape index (κ2) is 10.0. The Labute approximate surface area is 203 Å². The zero-order chi connectivity index (χ0) is 23.5. The van der Waals surface area contributed by atoms with Crippen molar-refractivity contribution < 1.29 is 14.3 Å². The van der Waals surface area contributed by atoms with E-state index in [1.54, 1.807) is 18.2 Å². The van der Waals surface area contributed by atoms with Gasteiger partial charge in [-0.1, -0.05) is 47.5 Å². The Morgan fingerprint density at radius 1 is 1.12 bits per heavy atom. The molecule has 2 aliphatic rings. The SMILES string of the molecule is COC(=O)C1=C(CN2CCN(c3cc(Cl)ccc3C)CC2)NC(=O)NC1c1ccccc1Cl. The van der Waals surface area contributed by atoms with E-state index in [-0.39, 0.29) is 6.03 Å². The number of nitrogens with one attached hydrogen (secondary N) is 2. The van der Waals surface area contributed by atoms with E-state index in [2.05, 4.69) is 27.4 Å². The van der Waals surface area contributed by atoms with Gasteiger partial charge in [-0.15, -0.1) is 0 Å². The lowest BCUT2D eigenvalue weighted by molar-refractivity contribution is -0.136. The predicted octanol–water partition coefficient (Wildman–Crippen LogP) is 3.91. The number of nitrogens with zero attached hydrogens (tertiary/aromatic N) is 2. The number of carbonyl (C=O) groups excluding carboxylic acids is 2. The Kier molecular flexibility index (Phi) is 7.12. The maximum Gasteiger partial charge on any atom is 0.338 e. The van der Waals surface area contributed by atoms with Crippen LogP contribution in [0, 0.1) is 6.92 Å². The number of carbonyl (C=O) groups is 2. The minimum Gasteiger partial charge on any atom is -0.466 e. The number of urea groups is 1. The molecule has 1 saturated heterocycles. The number of hydrogen-bond acceptors (Lipinski definition) is 5. The molecule has 2 amide bonds. The lowest BCUT2D eigenvalue weighted by atomic mass is 9.95. The number of ether oxygens (including phenoxy) is 1. The number of benzene rings is 2. The Bertz CT molecular complexity index is 1100. The van der Waals surface area contributed by atoms with Crippen molar-refractivity contribution >= 4 is 40.9 Å². The molecule has 9 heteroatoms. The number of esters is 1. The van der Waals surface area contributed by atoms with E-state index in [0.717, 1.165) is 31.9 Å². The highest BCUT2D eigenvalue weighted by molar-refractivity contribution is 6.31. The van der Waals surface area contributed by atoms with Crippen LogP contribution in [0.15, 0.2) is 53.7 Å². The first kappa shape index (κ1) is 23.4. The van der Waals surface area contributed by atoms with Crippen LogP contribution in [-0.4, -0.2) is 56.7 Å². The van der Waals surface area contributed by atoms with E-state index in [4.69, 9.17) is 27.9 Å². The topological polar surface area (TPSA) is 73.9 Å². The summed E-state index contributed by atoms with van der Waals surface area (Å²) in [6.07, 6.45) is 0. The fourth-order valence-corrected chi connectivity index (χ4v) is 4.74. The van der Waals surface area contributed by atoms with Crippen LogP contribution in [0.3, 0.4) is 0 Å². The standard InChI is InChI=1S/C24H26Cl2N4O3/c1-15-7-8-16(25)13-20(15)30-11-9-29(10-12-30)14-19-21(23(31)33-2)22(28-24(32)27-19)17-5-3-4-6-18(17)26/h3-8,13,22H,9-12,14H2,1-2H3,(H2,27,28,32). The number of halogens is 2. The Balaban J connectivity index is 1.56. The molecule has 174 valence electrons. The summed E-state index contributed by atoms with van der Waals surface area (Å²) in [5.74, 6) is -0.504. The molecule has 1 fully saturated rings. The molecule has 0 aliphatic carbocycles. The van der Waals surface area contributed by atoms with Crippen LogP contribution in [-0.2, 0) is 9.53 Å². The monoisotopic (exact) mass is 488 g/mol. The highest BCUT2D eigenvalue weighted by atomic mass is 35.5. The maximum atomic E-state index is 12.8. The van der Waals surface area contributed by atoms with Gasteiger partial charge in [0.2, 0.25) is 0 Å². The molecule has 0 radical (unpaired) electrons. The molecule has 2 heterocycles. The second-order valence-corrected chi connectivity index (χ2v) is 8.97. The molecule has 1 atom stereocenters. The van der Waals surface area contributed by atoms with E-state index >= 15 is 0 Å². The summed E-state index contributed by atoms with van der Waals surface area (Å²) in [4.78, 5) is 29.8. The fraction of sp³-hybridized carbons (Fsp3) is 0.333. The van der Waals surface area contributed by atoms with Gasteiger partial charge in [0.15, 0.2) is 0 Å². The Hall–Kier alpha value is -2.74. The lowest BCUT2D eigenvalue weighted by Crippen LogP contribution is -2.52. The molecular formula is C24H26Cl2N4O3. The van der Waals surface area contributed by atoms with Crippen molar-refractivity contribution in [3.63, 3.8) is 0 Å². The molecule has 7 nitrogen and oxygen atoms in total. The third-order valence-electron chi connectivity index (χ3n) is 6.04. The summed E-state index contributed by atoms with van der Waals surface area (Å²) in [7, 11) is 1.33. The zero-order valence-electron chi connectivity index (χ0n) is 18.5. The molecular weight excluding hydrogens is 463 g/mol. The zero-order valence-corrected chi connectivity index (χ0v) is 20.0. The van der Waals surface area contributed by atoms with E-state index in [0.29, 0.717) is 33.4 Å². The second-order valence-electron chi connectivity index (χ2n) is 8.13. The van der Waals surface area contributed by atoms with Gasteiger partial charge in [-0.25, -0.2) is 9.59 Å². The number of piperazine rings is 1.